The number of esters is 1. The molecule has 0 saturated heterocycles. The number of thiophene rings is 1. The minimum atomic E-state index is -0.487. The van der Waals surface area contributed by atoms with Crippen LogP contribution in [-0.4, -0.2) is 26.1 Å². The molecule has 4 heterocycles. The maximum absolute atomic E-state index is 12.1. The quantitative estimate of drug-likeness (QED) is 0.528. The molecule has 4 aromatic rings. The largest absolute Gasteiger partial charge is 0.452 e. The predicted octanol–water partition coefficient (Wildman–Crippen LogP) is 3.10. The van der Waals surface area contributed by atoms with Gasteiger partial charge in [-0.05, 0) is 29.6 Å². The van der Waals surface area contributed by atoms with Crippen molar-refractivity contribution in [1.29, 1.82) is 0 Å². The average Bonchev–Trinajstić information content (AvgIpc) is 3.29. The van der Waals surface area contributed by atoms with E-state index in [1.165, 1.54) is 17.5 Å². The molecule has 0 bridgehead atoms. The third kappa shape index (κ3) is 2.86. The van der Waals surface area contributed by atoms with E-state index in [1.807, 2.05) is 17.5 Å². The molecular weight excluding hydrogens is 328 g/mol. The molecule has 7 nitrogen and oxygen atoms in total. The number of carbonyl (C=O) groups is 1. The van der Waals surface area contributed by atoms with E-state index in [2.05, 4.69) is 20.1 Å². The number of pyridine rings is 2. The Labute approximate surface area is 139 Å². The molecule has 0 amide bonds. The van der Waals surface area contributed by atoms with Crippen molar-refractivity contribution in [3.8, 4) is 11.4 Å². The van der Waals surface area contributed by atoms with Crippen LogP contribution < -0.4 is 0 Å². The molecule has 0 aliphatic carbocycles. The molecular formula is C16H10N4O3S. The molecule has 0 aromatic carbocycles. The number of fused-ring (bicyclic) bond motifs is 1. The summed E-state index contributed by atoms with van der Waals surface area (Å²) in [6.45, 7) is -0.103. The van der Waals surface area contributed by atoms with Gasteiger partial charge in [0.05, 0.1) is 15.8 Å². The average molecular weight is 338 g/mol. The monoisotopic (exact) mass is 338 g/mol. The number of ether oxygens (including phenoxy) is 1. The Morgan fingerprint density at radius 1 is 1.29 bits per heavy atom. The van der Waals surface area contributed by atoms with Gasteiger partial charge in [0.1, 0.15) is 0 Å². The van der Waals surface area contributed by atoms with Crippen LogP contribution in [0.1, 0.15) is 16.2 Å². The summed E-state index contributed by atoms with van der Waals surface area (Å²) < 4.78 is 11.2. The van der Waals surface area contributed by atoms with Crippen molar-refractivity contribution in [2.75, 3.05) is 0 Å². The highest BCUT2D eigenvalue weighted by Crippen LogP contribution is 2.20. The second-order valence-corrected chi connectivity index (χ2v) is 5.81. The topological polar surface area (TPSA) is 91.0 Å². The second kappa shape index (κ2) is 6.17. The highest BCUT2D eigenvalue weighted by Gasteiger charge is 2.13. The molecule has 0 atom stereocenters. The fourth-order valence-electron chi connectivity index (χ4n) is 2.09. The van der Waals surface area contributed by atoms with Crippen LogP contribution in [0, 0.1) is 0 Å². The summed E-state index contributed by atoms with van der Waals surface area (Å²) in [5.74, 6) is 0.127. The molecule has 0 saturated carbocycles. The minimum Gasteiger partial charge on any atom is -0.452 e. The first kappa shape index (κ1) is 14.5. The molecule has 0 aliphatic heterocycles. The van der Waals surface area contributed by atoms with E-state index >= 15 is 0 Å². The number of aromatic nitrogens is 4. The summed E-state index contributed by atoms with van der Waals surface area (Å²) in [5.41, 5.74) is 1.97. The smallest absolute Gasteiger partial charge is 0.340 e. The lowest BCUT2D eigenvalue weighted by atomic mass is 10.3. The summed E-state index contributed by atoms with van der Waals surface area (Å²) >= 11 is 1.52. The number of rotatable bonds is 4. The molecule has 8 heteroatoms. The van der Waals surface area contributed by atoms with E-state index in [0.29, 0.717) is 11.4 Å². The van der Waals surface area contributed by atoms with Crippen molar-refractivity contribution >= 4 is 27.5 Å². The van der Waals surface area contributed by atoms with Crippen molar-refractivity contribution in [2.24, 2.45) is 0 Å². The number of hydrogen-bond donors (Lipinski definition) is 0. The van der Waals surface area contributed by atoms with E-state index in [-0.39, 0.29) is 12.5 Å². The van der Waals surface area contributed by atoms with Crippen LogP contribution in [0.15, 0.2) is 52.8 Å². The number of nitrogens with zero attached hydrogens (tertiary/aromatic N) is 4. The Kier molecular flexibility index (Phi) is 3.72. The van der Waals surface area contributed by atoms with Gasteiger partial charge >= 0.3 is 5.97 Å². The minimum absolute atomic E-state index is 0.103. The van der Waals surface area contributed by atoms with Gasteiger partial charge in [-0.3, -0.25) is 9.97 Å². The van der Waals surface area contributed by atoms with Crippen LogP contribution in [0.5, 0.6) is 0 Å². The third-order valence-electron chi connectivity index (χ3n) is 3.25. The SMILES string of the molecule is O=C(OCc1nc(-c2cccnc2)no1)c1cnc2ccsc2c1. The predicted molar refractivity (Wildman–Crippen MR) is 86.3 cm³/mol. The Morgan fingerprint density at radius 3 is 3.12 bits per heavy atom. The molecule has 0 radical (unpaired) electrons. The van der Waals surface area contributed by atoms with Gasteiger partial charge in [-0.15, -0.1) is 11.3 Å². The maximum atomic E-state index is 12.1. The van der Waals surface area contributed by atoms with Gasteiger partial charge in [-0.1, -0.05) is 5.16 Å². The zero-order valence-corrected chi connectivity index (χ0v) is 13.1. The van der Waals surface area contributed by atoms with Crippen LogP contribution in [-0.2, 0) is 11.3 Å². The zero-order valence-electron chi connectivity index (χ0n) is 12.2. The van der Waals surface area contributed by atoms with E-state index < -0.39 is 5.97 Å². The summed E-state index contributed by atoms with van der Waals surface area (Å²) in [6.07, 6.45) is 4.78. The lowest BCUT2D eigenvalue weighted by Crippen LogP contribution is -2.05. The van der Waals surface area contributed by atoms with Crippen molar-refractivity contribution in [2.45, 2.75) is 6.61 Å². The van der Waals surface area contributed by atoms with Crippen molar-refractivity contribution < 1.29 is 14.1 Å². The summed E-state index contributed by atoms with van der Waals surface area (Å²) in [7, 11) is 0. The lowest BCUT2D eigenvalue weighted by Gasteiger charge is -2.01. The van der Waals surface area contributed by atoms with Crippen LogP contribution in [0.25, 0.3) is 21.6 Å². The molecule has 0 spiro atoms. The Morgan fingerprint density at radius 2 is 2.25 bits per heavy atom. The zero-order chi connectivity index (χ0) is 16.4. The Balaban J connectivity index is 1.45. The van der Waals surface area contributed by atoms with Gasteiger partial charge < -0.3 is 9.26 Å². The standard InChI is InChI=1S/C16H10N4O3S/c21-16(11-6-13-12(18-8-11)3-5-24-13)22-9-14-19-15(20-23-14)10-2-1-4-17-7-10/h1-8H,9H2. The molecule has 0 fully saturated rings. The maximum Gasteiger partial charge on any atom is 0.340 e. The highest BCUT2D eigenvalue weighted by molar-refractivity contribution is 7.17. The van der Waals surface area contributed by atoms with Crippen molar-refractivity contribution in [3.63, 3.8) is 0 Å². The molecule has 4 rings (SSSR count). The van der Waals surface area contributed by atoms with Crippen molar-refractivity contribution in [1.82, 2.24) is 20.1 Å². The molecule has 4 aromatic heterocycles. The van der Waals surface area contributed by atoms with Gasteiger partial charge in [0, 0.05) is 24.2 Å². The number of carbonyl (C=O) groups excluding carboxylic acids is 1. The Bertz CT molecular complexity index is 997. The van der Waals surface area contributed by atoms with Crippen molar-refractivity contribution in [3.05, 3.63) is 59.7 Å². The first-order valence-corrected chi connectivity index (χ1v) is 7.91. The molecule has 118 valence electrons. The summed E-state index contributed by atoms with van der Waals surface area (Å²) in [4.78, 5) is 24.5. The molecule has 0 unspecified atom stereocenters. The van der Waals surface area contributed by atoms with Crippen LogP contribution in [0.4, 0.5) is 0 Å². The van der Waals surface area contributed by atoms with Gasteiger partial charge in [0.15, 0.2) is 6.61 Å². The van der Waals surface area contributed by atoms with Gasteiger partial charge in [0.25, 0.3) is 5.89 Å². The van der Waals surface area contributed by atoms with E-state index in [1.54, 1.807) is 24.5 Å². The number of hydrogen-bond acceptors (Lipinski definition) is 8. The Hall–Kier alpha value is -3.13. The van der Waals surface area contributed by atoms with E-state index in [9.17, 15) is 4.79 Å². The van der Waals surface area contributed by atoms with Gasteiger partial charge in [0.2, 0.25) is 5.82 Å². The lowest BCUT2D eigenvalue weighted by molar-refractivity contribution is 0.0429. The molecule has 0 N–H and O–H groups in total. The van der Waals surface area contributed by atoms with Crippen LogP contribution in [0.3, 0.4) is 0 Å². The molecule has 0 aliphatic rings. The highest BCUT2D eigenvalue weighted by atomic mass is 32.1. The van der Waals surface area contributed by atoms with Crippen LogP contribution >= 0.6 is 11.3 Å². The van der Waals surface area contributed by atoms with Crippen LogP contribution in [0.2, 0.25) is 0 Å². The van der Waals surface area contributed by atoms with E-state index in [0.717, 1.165) is 15.8 Å². The summed E-state index contributed by atoms with van der Waals surface area (Å²) in [5, 5.41) is 5.76. The second-order valence-electron chi connectivity index (χ2n) is 4.86. The first-order valence-electron chi connectivity index (χ1n) is 7.03. The summed E-state index contributed by atoms with van der Waals surface area (Å²) in [6, 6.07) is 7.24. The fraction of sp³-hybridized carbons (Fsp3) is 0.0625. The van der Waals surface area contributed by atoms with E-state index in [4.69, 9.17) is 9.26 Å². The normalized spacial score (nSPS) is 10.8. The first-order chi connectivity index (χ1) is 11.8. The third-order valence-corrected chi connectivity index (χ3v) is 4.11. The molecule has 24 heavy (non-hydrogen) atoms. The fourth-order valence-corrected chi connectivity index (χ4v) is 2.87. The van der Waals surface area contributed by atoms with Gasteiger partial charge in [-0.2, -0.15) is 4.98 Å². The van der Waals surface area contributed by atoms with Gasteiger partial charge in [-0.25, -0.2) is 4.79 Å².